The Labute approximate surface area is 57.8 Å². The molecule has 0 unspecified atom stereocenters. The van der Waals surface area contributed by atoms with Crippen LogP contribution in [0.4, 0.5) is 0 Å². The number of allylic oxidation sites excluding steroid dienone is 2. The molecule has 0 aromatic carbocycles. The first-order chi connectivity index (χ1) is 4.70. The van der Waals surface area contributed by atoms with E-state index in [-0.39, 0.29) is 11.6 Å². The van der Waals surface area contributed by atoms with Crippen LogP contribution in [0.2, 0.25) is 0 Å². The van der Waals surface area contributed by atoms with Gasteiger partial charge in [-0.2, -0.15) is 0 Å². The second-order valence-corrected chi connectivity index (χ2v) is 2.00. The largest absolute Gasteiger partial charge is 0.339 e. The van der Waals surface area contributed by atoms with E-state index < -0.39 is 0 Å². The molecule has 0 aliphatic carbocycles. The second kappa shape index (κ2) is 2.42. The summed E-state index contributed by atoms with van der Waals surface area (Å²) in [4.78, 5) is 21.4. The fraction of sp³-hybridized carbons (Fsp3) is 0.143. The number of nitrogens with zero attached hydrogens (tertiary/aromatic N) is 1. The quantitative estimate of drug-likeness (QED) is 0.413. The molecule has 0 bridgehead atoms. The van der Waals surface area contributed by atoms with Crippen LogP contribution in [0.3, 0.4) is 0 Å². The van der Waals surface area contributed by atoms with Gasteiger partial charge >= 0.3 is 12.4 Å². The van der Waals surface area contributed by atoms with E-state index in [4.69, 9.17) is 0 Å². The molecule has 0 aromatic rings. The fourth-order valence-corrected chi connectivity index (χ4v) is 0.602. The van der Waals surface area contributed by atoms with Crippen molar-refractivity contribution in [2.45, 2.75) is 6.92 Å². The molecule has 1 aliphatic heterocycles. The van der Waals surface area contributed by atoms with Gasteiger partial charge in [0.25, 0.3) is 11.6 Å². The van der Waals surface area contributed by atoms with Gasteiger partial charge in [0.15, 0.2) is 0 Å². The summed E-state index contributed by atoms with van der Waals surface area (Å²) in [6, 6.07) is 0. The third-order valence-electron chi connectivity index (χ3n) is 1.14. The first kappa shape index (κ1) is 6.65. The number of carbonyl (C=O) groups is 2. The van der Waals surface area contributed by atoms with E-state index in [2.05, 4.69) is 4.67 Å². The van der Waals surface area contributed by atoms with Crippen LogP contribution in [0.25, 0.3) is 0 Å². The van der Waals surface area contributed by atoms with Crippen LogP contribution < -0.4 is 4.67 Å². The summed E-state index contributed by atoms with van der Waals surface area (Å²) in [5.41, 5.74) is 0.433. The predicted molar refractivity (Wildman–Crippen MR) is 38.0 cm³/mol. The lowest BCUT2D eigenvalue weighted by molar-refractivity contribution is -0.111. The zero-order valence-electron chi connectivity index (χ0n) is 5.50. The van der Waals surface area contributed by atoms with Crippen LogP contribution >= 0.6 is 0 Å². The predicted octanol–water partition coefficient (Wildman–Crippen LogP) is -0.707. The number of hydrogen-bond acceptors (Lipinski definition) is 2. The van der Waals surface area contributed by atoms with Crippen molar-refractivity contribution >= 4 is 24.0 Å². The Morgan fingerprint density at radius 3 is 2.70 bits per heavy atom. The van der Waals surface area contributed by atoms with Gasteiger partial charge in [-0.1, -0.05) is 4.67 Å². The molecule has 0 fully saturated rings. The van der Waals surface area contributed by atoms with Crippen molar-refractivity contribution in [3.05, 3.63) is 11.6 Å². The highest BCUT2D eigenvalue weighted by Gasteiger charge is 2.12. The molecular weight excluding hydrogens is 130 g/mol. The van der Waals surface area contributed by atoms with Crippen molar-refractivity contribution in [2.75, 3.05) is 0 Å². The van der Waals surface area contributed by atoms with Gasteiger partial charge in [0.1, 0.15) is 0 Å². The lowest BCUT2D eigenvalue weighted by Gasteiger charge is -1.82. The molecule has 3 heteroatoms. The molecule has 1 aliphatic rings. The van der Waals surface area contributed by atoms with Gasteiger partial charge in [0, 0.05) is 11.6 Å². The van der Waals surface area contributed by atoms with Gasteiger partial charge in [-0.3, -0.25) is 9.59 Å². The van der Waals surface area contributed by atoms with Crippen molar-refractivity contribution in [1.82, 2.24) is 4.67 Å². The molecule has 0 saturated carbocycles. The van der Waals surface area contributed by atoms with Gasteiger partial charge in [-0.25, -0.2) is 0 Å². The number of Topliss-reactive ketones (excluding diaryl/α,β-unsaturated/α-hetero) is 1. The minimum atomic E-state index is -0.236. The van der Waals surface area contributed by atoms with Crippen molar-refractivity contribution in [1.29, 1.82) is 0 Å². The molecule has 0 spiro atoms. The molecular formula is C7H6NO2+. The minimum Gasteiger partial charge on any atom is -0.282 e. The first-order valence-corrected chi connectivity index (χ1v) is 2.83. The normalized spacial score (nSPS) is 17.1. The molecule has 10 heavy (non-hydrogen) atoms. The monoisotopic (exact) mass is 136 g/mol. The maximum atomic E-state index is 10.8. The van der Waals surface area contributed by atoms with E-state index in [1.807, 2.05) is 0 Å². The first-order valence-electron chi connectivity index (χ1n) is 2.83. The number of carbonyl (C=O) groups excluding carboxylic acids is 2. The Morgan fingerprint density at radius 2 is 2.00 bits per heavy atom. The van der Waals surface area contributed by atoms with Crippen molar-refractivity contribution in [2.24, 2.45) is 0 Å². The Kier molecular flexibility index (Phi) is 1.61. The third-order valence-corrected chi connectivity index (χ3v) is 1.14. The molecule has 0 atom stereocenters. The zero-order valence-corrected chi connectivity index (χ0v) is 5.50. The van der Waals surface area contributed by atoms with E-state index in [0.717, 1.165) is 12.4 Å². The van der Waals surface area contributed by atoms with Crippen molar-refractivity contribution < 1.29 is 9.59 Å². The summed E-state index contributed by atoms with van der Waals surface area (Å²) in [6.07, 6.45) is 3.53. The number of ketones is 2. The SMILES string of the molecule is CC1=CC(=O)C=[N+]=CC1=O. The third kappa shape index (κ3) is 1.27. The summed E-state index contributed by atoms with van der Waals surface area (Å²) >= 11 is 0. The van der Waals surface area contributed by atoms with Gasteiger partial charge in [0.05, 0.1) is 0 Å². The van der Waals surface area contributed by atoms with Crippen LogP contribution in [0.15, 0.2) is 11.6 Å². The van der Waals surface area contributed by atoms with E-state index in [0.29, 0.717) is 5.57 Å². The molecule has 0 saturated heterocycles. The molecule has 0 N–H and O–H groups in total. The summed E-state index contributed by atoms with van der Waals surface area (Å²) in [5.74, 6) is -0.443. The summed E-state index contributed by atoms with van der Waals surface area (Å²) in [7, 11) is 0. The molecule has 3 nitrogen and oxygen atoms in total. The highest BCUT2D eigenvalue weighted by Crippen LogP contribution is 1.92. The molecule has 0 amide bonds. The Hall–Kier alpha value is -1.47. The van der Waals surface area contributed by atoms with E-state index in [9.17, 15) is 9.59 Å². The van der Waals surface area contributed by atoms with Crippen molar-refractivity contribution in [3.8, 4) is 0 Å². The van der Waals surface area contributed by atoms with Crippen LogP contribution in [0.1, 0.15) is 6.92 Å². The minimum absolute atomic E-state index is 0.206. The van der Waals surface area contributed by atoms with Crippen LogP contribution in [0.5, 0.6) is 0 Å². The molecule has 0 aromatic heterocycles. The smallest absolute Gasteiger partial charge is 0.282 e. The molecule has 50 valence electrons. The topological polar surface area (TPSA) is 48.2 Å². The number of rotatable bonds is 0. The lowest BCUT2D eigenvalue weighted by atomic mass is 10.2. The Bertz CT molecular complexity index is 280. The van der Waals surface area contributed by atoms with E-state index in [1.54, 1.807) is 6.92 Å². The van der Waals surface area contributed by atoms with E-state index >= 15 is 0 Å². The maximum Gasteiger partial charge on any atom is 0.339 e. The second-order valence-electron chi connectivity index (χ2n) is 2.00. The zero-order chi connectivity index (χ0) is 7.56. The van der Waals surface area contributed by atoms with Gasteiger partial charge in [0.2, 0.25) is 0 Å². The lowest BCUT2D eigenvalue weighted by Crippen LogP contribution is -2.00. The Morgan fingerprint density at radius 1 is 1.30 bits per heavy atom. The van der Waals surface area contributed by atoms with Crippen molar-refractivity contribution in [3.63, 3.8) is 0 Å². The highest BCUT2D eigenvalue weighted by atomic mass is 16.1. The van der Waals surface area contributed by atoms with Crippen LogP contribution in [0, 0.1) is 0 Å². The van der Waals surface area contributed by atoms with Crippen LogP contribution in [-0.4, -0.2) is 24.0 Å². The van der Waals surface area contributed by atoms with Gasteiger partial charge in [-0.15, -0.1) is 0 Å². The fourth-order valence-electron chi connectivity index (χ4n) is 0.602. The average Bonchev–Trinajstić information content (AvgIpc) is 1.96. The maximum absolute atomic E-state index is 10.8. The molecule has 1 rings (SSSR count). The summed E-state index contributed by atoms with van der Waals surface area (Å²) < 4.78 is 3.48. The standard InChI is InChI=1S/C7H6NO2/c1-5-2-6(9)3-8-4-7(5)10/h2-4H,1H3/q+1. The Balaban J connectivity index is 3.11. The molecule has 0 radical (unpaired) electrons. The number of hydrogen-bond donors (Lipinski definition) is 0. The van der Waals surface area contributed by atoms with E-state index in [1.165, 1.54) is 6.08 Å². The van der Waals surface area contributed by atoms with Gasteiger partial charge in [-0.05, 0) is 6.92 Å². The summed E-state index contributed by atoms with van der Waals surface area (Å²) in [6.45, 7) is 1.59. The van der Waals surface area contributed by atoms with Crippen LogP contribution in [-0.2, 0) is 9.59 Å². The molecule has 1 heterocycles. The highest BCUT2D eigenvalue weighted by molar-refractivity contribution is 6.42. The van der Waals surface area contributed by atoms with Gasteiger partial charge < -0.3 is 0 Å². The average molecular weight is 136 g/mol. The summed E-state index contributed by atoms with van der Waals surface area (Å²) in [5, 5.41) is 0.